The van der Waals surface area contributed by atoms with Crippen LogP contribution < -0.4 is 0 Å². The Kier molecular flexibility index (Phi) is 5.52. The molecule has 0 unspecified atom stereocenters. The van der Waals surface area contributed by atoms with Gasteiger partial charge in [0.1, 0.15) is 6.33 Å². The molecule has 0 bridgehead atoms. The minimum Gasteiger partial charge on any atom is -0.367 e. The molecule has 1 aromatic carbocycles. The third-order valence-electron chi connectivity index (χ3n) is 5.25. The van der Waals surface area contributed by atoms with Gasteiger partial charge in [-0.3, -0.25) is 9.48 Å². The molecule has 2 aromatic rings. The Morgan fingerprint density at radius 2 is 1.93 bits per heavy atom. The molecule has 0 N–H and O–H groups in total. The van der Waals surface area contributed by atoms with Crippen LogP contribution in [-0.2, 0) is 11.8 Å². The summed E-state index contributed by atoms with van der Waals surface area (Å²) in [5, 5.41) is 4.34. The van der Waals surface area contributed by atoms with E-state index in [4.69, 9.17) is 0 Å². The lowest BCUT2D eigenvalue weighted by Gasteiger charge is -2.28. The molecule has 146 valence electrons. The molecule has 0 spiro atoms. The highest BCUT2D eigenvalue weighted by atomic mass is 32.2. The first-order chi connectivity index (χ1) is 13.6. The van der Waals surface area contributed by atoms with Gasteiger partial charge in [-0.2, -0.15) is 5.10 Å². The summed E-state index contributed by atoms with van der Waals surface area (Å²) < 4.78 is 1.71. The van der Waals surface area contributed by atoms with Crippen LogP contribution in [0.5, 0.6) is 0 Å². The standard InChI is InChI=1S/C21H25N5OS/c1-24-15-22-21(23-24)18-5-3-16(4-6-18)17-7-11-26(12-8-17)20(27)14-25-10-9-19(13-25)28-2/h3-7,13,15H,8-12,14H2,1-2H3. The summed E-state index contributed by atoms with van der Waals surface area (Å²) >= 11 is 1.77. The van der Waals surface area contributed by atoms with Gasteiger partial charge in [0.05, 0.1) is 6.54 Å². The SMILES string of the molecule is CSC1=CN(CC(=O)N2CC=C(c3ccc(-c4ncn(C)n4)cc3)CC2)CC1. The van der Waals surface area contributed by atoms with Gasteiger partial charge in [-0.1, -0.05) is 30.3 Å². The minimum atomic E-state index is 0.213. The predicted octanol–water partition coefficient (Wildman–Crippen LogP) is 3.01. The monoisotopic (exact) mass is 395 g/mol. The van der Waals surface area contributed by atoms with E-state index < -0.39 is 0 Å². The topological polar surface area (TPSA) is 54.3 Å². The lowest BCUT2D eigenvalue weighted by Crippen LogP contribution is -2.40. The maximum atomic E-state index is 12.6. The minimum absolute atomic E-state index is 0.213. The Labute approximate surface area is 169 Å². The second-order valence-electron chi connectivity index (χ2n) is 7.16. The fraction of sp³-hybridized carbons (Fsp3) is 0.381. The summed E-state index contributed by atoms with van der Waals surface area (Å²) in [6.45, 7) is 2.90. The summed E-state index contributed by atoms with van der Waals surface area (Å²) in [5.41, 5.74) is 3.52. The Balaban J connectivity index is 1.36. The van der Waals surface area contributed by atoms with Crippen molar-refractivity contribution in [2.75, 3.05) is 32.4 Å². The molecule has 1 amide bonds. The molecule has 3 heterocycles. The van der Waals surface area contributed by atoms with Crippen LogP contribution in [0.15, 0.2) is 47.8 Å². The summed E-state index contributed by atoms with van der Waals surface area (Å²) in [6, 6.07) is 8.36. The maximum absolute atomic E-state index is 12.6. The predicted molar refractivity (Wildman–Crippen MR) is 113 cm³/mol. The molecular formula is C21H25N5OS. The van der Waals surface area contributed by atoms with Crippen molar-refractivity contribution in [3.05, 3.63) is 53.3 Å². The van der Waals surface area contributed by atoms with Crippen LogP contribution in [0, 0.1) is 0 Å². The largest absolute Gasteiger partial charge is 0.367 e. The maximum Gasteiger partial charge on any atom is 0.242 e. The average molecular weight is 396 g/mol. The highest BCUT2D eigenvalue weighted by Crippen LogP contribution is 2.26. The second-order valence-corrected chi connectivity index (χ2v) is 8.09. The van der Waals surface area contributed by atoms with E-state index in [0.29, 0.717) is 13.1 Å². The van der Waals surface area contributed by atoms with Crippen molar-refractivity contribution < 1.29 is 4.79 Å². The van der Waals surface area contributed by atoms with Crippen molar-refractivity contribution in [2.45, 2.75) is 12.8 Å². The summed E-state index contributed by atoms with van der Waals surface area (Å²) in [6.07, 6.45) is 10.1. The van der Waals surface area contributed by atoms with Gasteiger partial charge in [0.2, 0.25) is 5.91 Å². The van der Waals surface area contributed by atoms with Gasteiger partial charge in [0, 0.05) is 43.4 Å². The molecule has 2 aliphatic heterocycles. The van der Waals surface area contributed by atoms with Crippen molar-refractivity contribution >= 4 is 23.2 Å². The molecule has 1 aromatic heterocycles. The number of hydrogen-bond acceptors (Lipinski definition) is 5. The number of nitrogens with zero attached hydrogens (tertiary/aromatic N) is 5. The quantitative estimate of drug-likeness (QED) is 0.779. The van der Waals surface area contributed by atoms with Crippen LogP contribution in [0.25, 0.3) is 17.0 Å². The van der Waals surface area contributed by atoms with Crippen molar-refractivity contribution in [2.24, 2.45) is 7.05 Å². The summed E-state index contributed by atoms with van der Waals surface area (Å²) in [5.74, 6) is 0.953. The number of thioether (sulfide) groups is 1. The lowest BCUT2D eigenvalue weighted by molar-refractivity contribution is -0.131. The van der Waals surface area contributed by atoms with E-state index in [0.717, 1.165) is 37.3 Å². The molecule has 0 saturated heterocycles. The van der Waals surface area contributed by atoms with E-state index >= 15 is 0 Å². The highest BCUT2D eigenvalue weighted by molar-refractivity contribution is 8.02. The van der Waals surface area contributed by atoms with Gasteiger partial charge in [0.15, 0.2) is 5.82 Å². The summed E-state index contributed by atoms with van der Waals surface area (Å²) in [4.78, 5) is 22.3. The molecule has 0 fully saturated rings. The Morgan fingerprint density at radius 1 is 1.14 bits per heavy atom. The number of amides is 1. The fourth-order valence-corrected chi connectivity index (χ4v) is 4.15. The van der Waals surface area contributed by atoms with Gasteiger partial charge in [-0.25, -0.2) is 4.98 Å². The average Bonchev–Trinajstić information content (AvgIpc) is 3.37. The van der Waals surface area contributed by atoms with Crippen LogP contribution in [-0.4, -0.2) is 62.9 Å². The third-order valence-corrected chi connectivity index (χ3v) is 6.08. The molecule has 7 heteroatoms. The van der Waals surface area contributed by atoms with Gasteiger partial charge in [-0.05, 0) is 30.2 Å². The van der Waals surface area contributed by atoms with E-state index in [1.807, 2.05) is 11.9 Å². The van der Waals surface area contributed by atoms with Crippen LogP contribution in [0.2, 0.25) is 0 Å². The molecule has 2 aliphatic rings. The van der Waals surface area contributed by atoms with Crippen molar-refractivity contribution in [1.82, 2.24) is 24.6 Å². The number of rotatable bonds is 5. The molecule has 4 rings (SSSR count). The second kappa shape index (κ2) is 8.22. The Hall–Kier alpha value is -2.54. The summed E-state index contributed by atoms with van der Waals surface area (Å²) in [7, 11) is 1.87. The van der Waals surface area contributed by atoms with Gasteiger partial charge in [0.25, 0.3) is 0 Å². The smallest absolute Gasteiger partial charge is 0.242 e. The molecule has 28 heavy (non-hydrogen) atoms. The van der Waals surface area contributed by atoms with E-state index in [1.54, 1.807) is 22.8 Å². The normalized spacial score (nSPS) is 16.9. The third kappa shape index (κ3) is 4.14. The number of benzene rings is 1. The number of aromatic nitrogens is 3. The molecule has 0 saturated carbocycles. The van der Waals surface area contributed by atoms with E-state index in [2.05, 4.69) is 57.8 Å². The number of hydrogen-bond donors (Lipinski definition) is 0. The highest BCUT2D eigenvalue weighted by Gasteiger charge is 2.21. The van der Waals surface area contributed by atoms with Crippen LogP contribution in [0.1, 0.15) is 18.4 Å². The van der Waals surface area contributed by atoms with Gasteiger partial charge >= 0.3 is 0 Å². The van der Waals surface area contributed by atoms with Gasteiger partial charge < -0.3 is 9.80 Å². The first-order valence-electron chi connectivity index (χ1n) is 9.54. The fourth-order valence-electron chi connectivity index (χ4n) is 3.60. The van der Waals surface area contributed by atoms with E-state index in [9.17, 15) is 4.79 Å². The zero-order valence-corrected chi connectivity index (χ0v) is 17.2. The number of carbonyl (C=O) groups excluding carboxylic acids is 1. The van der Waals surface area contributed by atoms with E-state index in [1.165, 1.54) is 16.0 Å². The van der Waals surface area contributed by atoms with Crippen molar-refractivity contribution in [3.8, 4) is 11.4 Å². The van der Waals surface area contributed by atoms with Crippen LogP contribution in [0.3, 0.4) is 0 Å². The first-order valence-corrected chi connectivity index (χ1v) is 10.8. The lowest BCUT2D eigenvalue weighted by atomic mass is 9.98. The Morgan fingerprint density at radius 3 is 2.54 bits per heavy atom. The molecule has 6 nitrogen and oxygen atoms in total. The van der Waals surface area contributed by atoms with Crippen molar-refractivity contribution in [3.63, 3.8) is 0 Å². The molecule has 0 radical (unpaired) electrons. The van der Waals surface area contributed by atoms with Crippen molar-refractivity contribution in [1.29, 1.82) is 0 Å². The first kappa shape index (κ1) is 18.8. The zero-order valence-electron chi connectivity index (χ0n) is 16.3. The molecular weight excluding hydrogens is 370 g/mol. The number of aryl methyl sites for hydroxylation is 1. The van der Waals surface area contributed by atoms with Gasteiger partial charge in [-0.15, -0.1) is 11.8 Å². The molecule has 0 aliphatic carbocycles. The zero-order chi connectivity index (χ0) is 19.5. The Bertz CT molecular complexity index is 915. The number of carbonyl (C=O) groups is 1. The van der Waals surface area contributed by atoms with Crippen LogP contribution in [0.4, 0.5) is 0 Å². The van der Waals surface area contributed by atoms with Crippen LogP contribution >= 0.6 is 11.8 Å². The molecule has 0 atom stereocenters. The van der Waals surface area contributed by atoms with E-state index in [-0.39, 0.29) is 5.91 Å².